The first-order valence-electron chi connectivity index (χ1n) is 12.5. The second kappa shape index (κ2) is 11.7. The number of hydrogen-bond donors (Lipinski definition) is 2. The van der Waals surface area contributed by atoms with Crippen LogP contribution in [-0.4, -0.2) is 55.1 Å². The number of sulfonamides is 1. The second-order valence-electron chi connectivity index (χ2n) is 9.45. The van der Waals surface area contributed by atoms with Crippen LogP contribution in [0.3, 0.4) is 0 Å². The summed E-state index contributed by atoms with van der Waals surface area (Å²) in [6, 6.07) is 12.9. The first kappa shape index (κ1) is 25.9. The average Bonchev–Trinajstić information content (AvgIpc) is 2.86. The third kappa shape index (κ3) is 6.53. The number of nitrogens with one attached hydrogen (secondary N) is 2. The largest absolute Gasteiger partial charge is 0.329 e. The van der Waals surface area contributed by atoms with Gasteiger partial charge in [0, 0.05) is 18.1 Å². The highest BCUT2D eigenvalue weighted by Gasteiger charge is 2.37. The maximum Gasteiger partial charge on any atom is 0.264 e. The van der Waals surface area contributed by atoms with Crippen molar-refractivity contribution >= 4 is 27.5 Å². The molecule has 0 aromatic heterocycles. The van der Waals surface area contributed by atoms with Gasteiger partial charge < -0.3 is 15.5 Å². The highest BCUT2D eigenvalue weighted by molar-refractivity contribution is 7.89. The average molecular weight is 511 g/mol. The highest BCUT2D eigenvalue weighted by Crippen LogP contribution is 2.23. The third-order valence-corrected chi connectivity index (χ3v) is 8.43. The molecular formula is C27H34N4O4S. The summed E-state index contributed by atoms with van der Waals surface area (Å²) < 4.78 is 27.4. The zero-order valence-electron chi connectivity index (χ0n) is 20.7. The Morgan fingerprint density at radius 1 is 1.08 bits per heavy atom. The van der Waals surface area contributed by atoms with E-state index in [9.17, 15) is 18.0 Å². The number of likely N-dealkylation sites (tertiary alicyclic amines) is 1. The van der Waals surface area contributed by atoms with E-state index in [0.29, 0.717) is 5.69 Å². The fraction of sp³-hybridized carbons (Fsp3) is 0.407. The molecule has 2 aromatic rings. The minimum absolute atomic E-state index is 0.0649. The van der Waals surface area contributed by atoms with Crippen LogP contribution in [0.5, 0.6) is 0 Å². The number of hydrogen-bond acceptors (Lipinski definition) is 5. The van der Waals surface area contributed by atoms with Crippen LogP contribution in [0, 0.1) is 6.92 Å². The maximum absolute atomic E-state index is 13.2. The van der Waals surface area contributed by atoms with Gasteiger partial charge in [0.05, 0.1) is 11.3 Å². The monoisotopic (exact) mass is 510 g/mol. The number of rotatable bonds is 9. The Hall–Kier alpha value is -3.17. The lowest BCUT2D eigenvalue weighted by Gasteiger charge is -2.31. The molecule has 0 bridgehead atoms. The number of amides is 2. The van der Waals surface area contributed by atoms with Crippen molar-refractivity contribution in [2.75, 3.05) is 25.0 Å². The smallest absolute Gasteiger partial charge is 0.264 e. The summed E-state index contributed by atoms with van der Waals surface area (Å²) in [5.41, 5.74) is 2.69. The van der Waals surface area contributed by atoms with Crippen LogP contribution in [0.2, 0.25) is 0 Å². The van der Waals surface area contributed by atoms with Crippen molar-refractivity contribution in [1.82, 2.24) is 14.5 Å². The molecule has 0 spiro atoms. The Morgan fingerprint density at radius 3 is 2.58 bits per heavy atom. The number of piperidine rings is 1. The first-order valence-corrected chi connectivity index (χ1v) is 14.0. The predicted octanol–water partition coefficient (Wildman–Crippen LogP) is 3.40. The van der Waals surface area contributed by atoms with Gasteiger partial charge in [-0.25, -0.2) is 8.42 Å². The lowest BCUT2D eigenvalue weighted by Crippen LogP contribution is -2.50. The van der Waals surface area contributed by atoms with Gasteiger partial charge >= 0.3 is 0 Å². The van der Waals surface area contributed by atoms with Gasteiger partial charge in [-0.15, -0.1) is 0 Å². The molecule has 1 fully saturated rings. The van der Waals surface area contributed by atoms with Crippen molar-refractivity contribution < 1.29 is 18.0 Å². The molecule has 8 nitrogen and oxygen atoms in total. The van der Waals surface area contributed by atoms with Gasteiger partial charge in [0.1, 0.15) is 6.04 Å². The maximum atomic E-state index is 13.2. The van der Waals surface area contributed by atoms with Crippen molar-refractivity contribution in [2.24, 2.45) is 0 Å². The standard InChI is InChI=1S/C27H34N4O4S/c1-21-10-12-24(13-11-21)36(34,35)31-18-14-28-27(33)25(31)20-26(32)29-23-9-5-7-22(19-23)8-6-17-30-15-3-2-4-16-30/h5,7,9-14,18-19,25H,2-4,6,8,15-17,20H2,1H3,(H,28,33)(H,29,32)/t25-/m1/s1. The van der Waals surface area contributed by atoms with Crippen LogP contribution >= 0.6 is 0 Å². The molecule has 9 heteroatoms. The minimum atomic E-state index is -4.00. The molecule has 192 valence electrons. The lowest BCUT2D eigenvalue weighted by molar-refractivity contribution is -0.127. The van der Waals surface area contributed by atoms with Crippen molar-refractivity contribution in [1.29, 1.82) is 0 Å². The number of benzene rings is 2. The van der Waals surface area contributed by atoms with Crippen LogP contribution < -0.4 is 10.6 Å². The summed E-state index contributed by atoms with van der Waals surface area (Å²) in [5, 5.41) is 5.35. The van der Waals surface area contributed by atoms with Crippen LogP contribution in [0.15, 0.2) is 65.8 Å². The SMILES string of the molecule is Cc1ccc(S(=O)(=O)N2C=CNC(=O)[C@H]2CC(=O)Nc2cccc(CCCN3CCCCC3)c2)cc1. The summed E-state index contributed by atoms with van der Waals surface area (Å²) >= 11 is 0. The van der Waals surface area contributed by atoms with E-state index in [4.69, 9.17) is 0 Å². The van der Waals surface area contributed by atoms with E-state index in [1.54, 1.807) is 18.2 Å². The molecule has 2 aromatic carbocycles. The molecule has 0 aliphatic carbocycles. The Labute approximate surface area is 213 Å². The van der Waals surface area contributed by atoms with Crippen LogP contribution in [0.4, 0.5) is 5.69 Å². The van der Waals surface area contributed by atoms with Gasteiger partial charge in [0.25, 0.3) is 10.0 Å². The number of carbonyl (C=O) groups excluding carboxylic acids is 2. The molecule has 0 saturated carbocycles. The van der Waals surface area contributed by atoms with Crippen molar-refractivity contribution in [2.45, 2.75) is 56.4 Å². The lowest BCUT2D eigenvalue weighted by atomic mass is 10.1. The van der Waals surface area contributed by atoms with Crippen LogP contribution in [0.25, 0.3) is 0 Å². The van der Waals surface area contributed by atoms with E-state index in [1.807, 2.05) is 25.1 Å². The van der Waals surface area contributed by atoms with Gasteiger partial charge in [-0.2, -0.15) is 0 Å². The highest BCUT2D eigenvalue weighted by atomic mass is 32.2. The van der Waals surface area contributed by atoms with Crippen LogP contribution in [0.1, 0.15) is 43.2 Å². The molecule has 0 radical (unpaired) electrons. The quantitative estimate of drug-likeness (QED) is 0.539. The second-order valence-corrected chi connectivity index (χ2v) is 11.3. The molecule has 2 N–H and O–H groups in total. The van der Waals surface area contributed by atoms with Gasteiger partial charge in [-0.05, 0) is 82.1 Å². The number of nitrogens with zero attached hydrogens (tertiary/aromatic N) is 2. The predicted molar refractivity (Wildman–Crippen MR) is 140 cm³/mol. The molecule has 2 aliphatic heterocycles. The summed E-state index contributed by atoms with van der Waals surface area (Å²) in [5.74, 6) is -0.977. The molecule has 36 heavy (non-hydrogen) atoms. The summed E-state index contributed by atoms with van der Waals surface area (Å²) in [4.78, 5) is 28.0. The zero-order chi connectivity index (χ0) is 25.5. The Morgan fingerprint density at radius 2 is 1.83 bits per heavy atom. The first-order chi connectivity index (χ1) is 17.3. The summed E-state index contributed by atoms with van der Waals surface area (Å²) in [6.07, 6.45) is 8.11. The number of carbonyl (C=O) groups is 2. The Balaban J connectivity index is 1.38. The van der Waals surface area contributed by atoms with Crippen molar-refractivity contribution in [3.63, 3.8) is 0 Å². The number of aryl methyl sites for hydroxylation is 2. The summed E-state index contributed by atoms with van der Waals surface area (Å²) in [6.45, 7) is 5.29. The van der Waals surface area contributed by atoms with E-state index < -0.39 is 27.9 Å². The molecule has 2 aliphatic rings. The number of anilines is 1. The Kier molecular flexibility index (Phi) is 8.43. The van der Waals surface area contributed by atoms with E-state index >= 15 is 0 Å². The molecular weight excluding hydrogens is 476 g/mol. The van der Waals surface area contributed by atoms with E-state index in [2.05, 4.69) is 15.5 Å². The fourth-order valence-corrected chi connectivity index (χ4v) is 6.10. The topological polar surface area (TPSA) is 98.8 Å². The zero-order valence-corrected chi connectivity index (χ0v) is 21.5. The van der Waals surface area contributed by atoms with Gasteiger partial charge in [-0.3, -0.25) is 13.9 Å². The normalized spacial score (nSPS) is 18.6. The third-order valence-electron chi connectivity index (χ3n) is 6.63. The molecule has 1 atom stereocenters. The van der Waals surface area contributed by atoms with E-state index in [1.165, 1.54) is 56.9 Å². The van der Waals surface area contributed by atoms with E-state index in [0.717, 1.165) is 34.8 Å². The molecule has 1 saturated heterocycles. The Bertz CT molecular complexity index is 1200. The molecule has 2 amide bonds. The van der Waals surface area contributed by atoms with Crippen LogP contribution in [-0.2, 0) is 26.0 Å². The molecule has 2 heterocycles. The summed E-state index contributed by atoms with van der Waals surface area (Å²) in [7, 11) is -4.00. The minimum Gasteiger partial charge on any atom is -0.329 e. The van der Waals surface area contributed by atoms with Crippen molar-refractivity contribution in [3.8, 4) is 0 Å². The van der Waals surface area contributed by atoms with Gasteiger partial charge in [-0.1, -0.05) is 36.2 Å². The van der Waals surface area contributed by atoms with E-state index in [-0.39, 0.29) is 11.3 Å². The van der Waals surface area contributed by atoms with Gasteiger partial charge in [0.15, 0.2) is 0 Å². The molecule has 4 rings (SSSR count). The van der Waals surface area contributed by atoms with Crippen molar-refractivity contribution in [3.05, 3.63) is 72.1 Å². The van der Waals surface area contributed by atoms with Gasteiger partial charge in [0.2, 0.25) is 11.8 Å². The molecule has 0 unspecified atom stereocenters. The fourth-order valence-electron chi connectivity index (χ4n) is 4.65.